The van der Waals surface area contributed by atoms with E-state index in [0.29, 0.717) is 12.3 Å². The number of benzene rings is 2. The van der Waals surface area contributed by atoms with E-state index in [2.05, 4.69) is 59.4 Å². The Morgan fingerprint density at radius 2 is 1.67 bits per heavy atom. The third-order valence-electron chi connectivity index (χ3n) is 3.79. The van der Waals surface area contributed by atoms with Gasteiger partial charge in [0, 0.05) is 10.5 Å². The Labute approximate surface area is 134 Å². The van der Waals surface area contributed by atoms with E-state index in [-0.39, 0.29) is 11.9 Å². The summed E-state index contributed by atoms with van der Waals surface area (Å²) in [6.07, 6.45) is 0.636. The van der Waals surface area contributed by atoms with Crippen LogP contribution in [0.15, 0.2) is 46.9 Å². The molecule has 1 N–H and O–H groups in total. The maximum Gasteiger partial charge on any atom is 0.127 e. The number of hydrogen-bond acceptors (Lipinski definition) is 1. The Hall–Kier alpha value is -1.19. The molecule has 1 atom stereocenters. The molecule has 0 aromatic heterocycles. The molecule has 0 spiro atoms. The highest BCUT2D eigenvalue weighted by Gasteiger charge is 2.13. The SMILES string of the molecule is CNC(Cc1ccc(Br)cc1F)c1ccc(C(C)C)cc1. The molecule has 0 heterocycles. The molecule has 2 aromatic carbocycles. The third-order valence-corrected chi connectivity index (χ3v) is 4.29. The molecular formula is C18H21BrFN. The van der Waals surface area contributed by atoms with Gasteiger partial charge in [-0.15, -0.1) is 0 Å². The van der Waals surface area contributed by atoms with Crippen LogP contribution in [0.3, 0.4) is 0 Å². The molecule has 0 bridgehead atoms. The lowest BCUT2D eigenvalue weighted by atomic mass is 9.95. The minimum absolute atomic E-state index is 0.113. The van der Waals surface area contributed by atoms with Gasteiger partial charge in [-0.05, 0) is 48.2 Å². The van der Waals surface area contributed by atoms with Crippen molar-refractivity contribution in [2.45, 2.75) is 32.2 Å². The van der Waals surface area contributed by atoms with Gasteiger partial charge in [-0.3, -0.25) is 0 Å². The lowest BCUT2D eigenvalue weighted by Gasteiger charge is -2.18. The molecule has 0 radical (unpaired) electrons. The van der Waals surface area contributed by atoms with Gasteiger partial charge in [-0.2, -0.15) is 0 Å². The van der Waals surface area contributed by atoms with Crippen molar-refractivity contribution in [2.24, 2.45) is 0 Å². The van der Waals surface area contributed by atoms with E-state index >= 15 is 0 Å². The van der Waals surface area contributed by atoms with Gasteiger partial charge in [0.1, 0.15) is 5.82 Å². The largest absolute Gasteiger partial charge is 0.313 e. The molecule has 0 saturated carbocycles. The van der Waals surface area contributed by atoms with Crippen LogP contribution in [0.4, 0.5) is 4.39 Å². The molecule has 2 aromatic rings. The Kier molecular flexibility index (Phi) is 5.54. The van der Waals surface area contributed by atoms with E-state index in [1.165, 1.54) is 17.2 Å². The van der Waals surface area contributed by atoms with Crippen LogP contribution in [0.5, 0.6) is 0 Å². The Bertz CT molecular complexity index is 593. The molecule has 0 amide bonds. The molecule has 1 unspecified atom stereocenters. The maximum absolute atomic E-state index is 14.0. The van der Waals surface area contributed by atoms with Crippen LogP contribution >= 0.6 is 15.9 Å². The van der Waals surface area contributed by atoms with Crippen LogP contribution in [0, 0.1) is 5.82 Å². The fraction of sp³-hybridized carbons (Fsp3) is 0.333. The van der Waals surface area contributed by atoms with Crippen molar-refractivity contribution in [1.82, 2.24) is 5.32 Å². The fourth-order valence-electron chi connectivity index (χ4n) is 2.41. The van der Waals surface area contributed by atoms with Gasteiger partial charge in [-0.25, -0.2) is 4.39 Å². The first kappa shape index (κ1) is 16.2. The summed E-state index contributed by atoms with van der Waals surface area (Å²) in [4.78, 5) is 0. The fourth-order valence-corrected chi connectivity index (χ4v) is 2.74. The van der Waals surface area contributed by atoms with E-state index in [1.54, 1.807) is 0 Å². The minimum Gasteiger partial charge on any atom is -0.313 e. The van der Waals surface area contributed by atoms with Gasteiger partial charge >= 0.3 is 0 Å². The molecule has 112 valence electrons. The van der Waals surface area contributed by atoms with Gasteiger partial charge in [-0.1, -0.05) is 60.1 Å². The van der Waals surface area contributed by atoms with Gasteiger partial charge in [0.25, 0.3) is 0 Å². The maximum atomic E-state index is 14.0. The third kappa shape index (κ3) is 4.14. The van der Waals surface area contributed by atoms with Crippen molar-refractivity contribution in [1.29, 1.82) is 0 Å². The predicted molar refractivity (Wildman–Crippen MR) is 90.1 cm³/mol. The van der Waals surface area contributed by atoms with Crippen LogP contribution < -0.4 is 5.32 Å². The van der Waals surface area contributed by atoms with Crippen molar-refractivity contribution in [3.05, 3.63) is 69.4 Å². The van der Waals surface area contributed by atoms with E-state index in [0.717, 1.165) is 10.0 Å². The molecule has 0 fully saturated rings. The quantitative estimate of drug-likeness (QED) is 0.780. The molecule has 0 aliphatic carbocycles. The van der Waals surface area contributed by atoms with Gasteiger partial charge in [0.2, 0.25) is 0 Å². The summed E-state index contributed by atoms with van der Waals surface area (Å²) in [5.74, 6) is 0.361. The minimum atomic E-state index is -0.163. The Morgan fingerprint density at radius 3 is 2.19 bits per heavy atom. The molecule has 21 heavy (non-hydrogen) atoms. The van der Waals surface area contributed by atoms with Gasteiger partial charge in [0.05, 0.1) is 0 Å². The van der Waals surface area contributed by atoms with Crippen molar-refractivity contribution < 1.29 is 4.39 Å². The standard InChI is InChI=1S/C18H21BrFN/c1-12(2)13-4-6-14(7-5-13)18(21-3)10-15-8-9-16(19)11-17(15)20/h4-9,11-12,18,21H,10H2,1-3H3. The summed E-state index contributed by atoms with van der Waals surface area (Å²) in [7, 11) is 1.91. The van der Waals surface area contributed by atoms with Gasteiger partial charge < -0.3 is 5.32 Å². The smallest absolute Gasteiger partial charge is 0.127 e. The molecule has 2 rings (SSSR count). The van der Waals surface area contributed by atoms with E-state index < -0.39 is 0 Å². The first-order valence-electron chi connectivity index (χ1n) is 7.22. The zero-order chi connectivity index (χ0) is 15.4. The van der Waals surface area contributed by atoms with Crippen LogP contribution in [0.2, 0.25) is 0 Å². The predicted octanol–water partition coefficient (Wildman–Crippen LogP) is 5.21. The summed E-state index contributed by atoms with van der Waals surface area (Å²) in [6.45, 7) is 4.36. The first-order valence-corrected chi connectivity index (χ1v) is 8.01. The first-order chi connectivity index (χ1) is 10.0. The molecule has 0 saturated heterocycles. The highest BCUT2D eigenvalue weighted by molar-refractivity contribution is 9.10. The zero-order valence-corrected chi connectivity index (χ0v) is 14.2. The lowest BCUT2D eigenvalue weighted by molar-refractivity contribution is 0.554. The second-order valence-corrected chi connectivity index (χ2v) is 6.52. The van der Waals surface area contributed by atoms with Crippen LogP contribution in [-0.4, -0.2) is 7.05 Å². The molecule has 3 heteroatoms. The van der Waals surface area contributed by atoms with Crippen LogP contribution in [0.1, 0.15) is 42.5 Å². The average molecular weight is 350 g/mol. The zero-order valence-electron chi connectivity index (χ0n) is 12.7. The van der Waals surface area contributed by atoms with Crippen LogP contribution in [-0.2, 0) is 6.42 Å². The molecule has 0 aliphatic heterocycles. The monoisotopic (exact) mass is 349 g/mol. The highest BCUT2D eigenvalue weighted by Crippen LogP contribution is 2.24. The van der Waals surface area contributed by atoms with E-state index in [4.69, 9.17) is 0 Å². The summed E-state index contributed by atoms with van der Waals surface area (Å²) in [5.41, 5.74) is 3.23. The second-order valence-electron chi connectivity index (χ2n) is 5.60. The lowest BCUT2D eigenvalue weighted by Crippen LogP contribution is -2.19. The van der Waals surface area contributed by atoms with Crippen molar-refractivity contribution >= 4 is 15.9 Å². The summed E-state index contributed by atoms with van der Waals surface area (Å²) in [6, 6.07) is 13.9. The van der Waals surface area contributed by atoms with Gasteiger partial charge in [0.15, 0.2) is 0 Å². The second kappa shape index (κ2) is 7.19. The summed E-state index contributed by atoms with van der Waals surface area (Å²) >= 11 is 3.29. The van der Waals surface area contributed by atoms with Crippen LogP contribution in [0.25, 0.3) is 0 Å². The number of rotatable bonds is 5. The number of halogens is 2. The molecular weight excluding hydrogens is 329 g/mol. The van der Waals surface area contributed by atoms with E-state index in [1.807, 2.05) is 19.2 Å². The highest BCUT2D eigenvalue weighted by atomic mass is 79.9. The van der Waals surface area contributed by atoms with Crippen molar-refractivity contribution in [2.75, 3.05) is 7.05 Å². The van der Waals surface area contributed by atoms with Crippen molar-refractivity contribution in [3.8, 4) is 0 Å². The summed E-state index contributed by atoms with van der Waals surface area (Å²) in [5, 5.41) is 3.28. The molecule has 0 aliphatic rings. The molecule has 1 nitrogen and oxygen atoms in total. The van der Waals surface area contributed by atoms with Crippen molar-refractivity contribution in [3.63, 3.8) is 0 Å². The number of nitrogens with one attached hydrogen (secondary N) is 1. The Balaban J connectivity index is 2.19. The number of hydrogen-bond donors (Lipinski definition) is 1. The summed E-state index contributed by atoms with van der Waals surface area (Å²) < 4.78 is 14.7. The normalized spacial score (nSPS) is 12.7. The number of likely N-dealkylation sites (N-methyl/N-ethyl adjacent to an activating group) is 1. The van der Waals surface area contributed by atoms with E-state index in [9.17, 15) is 4.39 Å². The topological polar surface area (TPSA) is 12.0 Å². The Morgan fingerprint density at radius 1 is 1.05 bits per heavy atom. The average Bonchev–Trinajstić information content (AvgIpc) is 2.47.